The summed E-state index contributed by atoms with van der Waals surface area (Å²) in [6.45, 7) is 8.22. The smallest absolute Gasteiger partial charge is 0.321 e. The van der Waals surface area contributed by atoms with Gasteiger partial charge >= 0.3 is 6.03 Å². The summed E-state index contributed by atoms with van der Waals surface area (Å²) in [5, 5.41) is 16.0. The highest BCUT2D eigenvalue weighted by molar-refractivity contribution is 6.32. The van der Waals surface area contributed by atoms with Gasteiger partial charge in [0.25, 0.3) is 5.69 Å². The van der Waals surface area contributed by atoms with Gasteiger partial charge in [-0.2, -0.15) is 0 Å². The van der Waals surface area contributed by atoms with Gasteiger partial charge in [0.05, 0.1) is 4.92 Å². The number of nitro groups is 1. The van der Waals surface area contributed by atoms with Crippen molar-refractivity contribution >= 4 is 29.0 Å². The quantitative estimate of drug-likeness (QED) is 0.425. The summed E-state index contributed by atoms with van der Waals surface area (Å²) in [7, 11) is 0. The zero-order chi connectivity index (χ0) is 20.2. The molecule has 0 radical (unpaired) electrons. The van der Waals surface area contributed by atoms with E-state index in [0.29, 0.717) is 5.75 Å². The third-order valence-electron chi connectivity index (χ3n) is 3.80. The van der Waals surface area contributed by atoms with Gasteiger partial charge in [-0.25, -0.2) is 4.79 Å². The predicted octanol–water partition coefficient (Wildman–Crippen LogP) is 5.01. The number of hydrogen-bond acceptors (Lipinski definition) is 4. The molecule has 0 aliphatic heterocycles. The van der Waals surface area contributed by atoms with Crippen molar-refractivity contribution in [3.8, 4) is 5.75 Å². The molecule has 0 aliphatic rings. The van der Waals surface area contributed by atoms with Crippen LogP contribution in [0.4, 0.5) is 16.2 Å². The second-order valence-electron chi connectivity index (χ2n) is 7.09. The number of nitro benzene ring substituents is 1. The third kappa shape index (κ3) is 5.59. The van der Waals surface area contributed by atoms with Crippen molar-refractivity contribution in [2.45, 2.75) is 33.1 Å². The van der Waals surface area contributed by atoms with Gasteiger partial charge < -0.3 is 15.4 Å². The monoisotopic (exact) mass is 391 g/mol. The molecule has 0 atom stereocenters. The average molecular weight is 392 g/mol. The van der Waals surface area contributed by atoms with Crippen LogP contribution >= 0.6 is 11.6 Å². The van der Waals surface area contributed by atoms with E-state index in [4.69, 9.17) is 16.3 Å². The molecule has 2 aromatic rings. The molecule has 2 amide bonds. The lowest BCUT2D eigenvalue weighted by atomic mass is 9.85. The third-order valence-corrected chi connectivity index (χ3v) is 4.12. The molecule has 27 heavy (non-hydrogen) atoms. The number of carbonyl (C=O) groups excluding carboxylic acids is 1. The number of anilines is 1. The molecule has 2 aromatic carbocycles. The highest BCUT2D eigenvalue weighted by Gasteiger charge is 2.19. The van der Waals surface area contributed by atoms with E-state index in [-0.39, 0.29) is 28.5 Å². The normalized spacial score (nSPS) is 11.0. The van der Waals surface area contributed by atoms with Crippen LogP contribution in [0.1, 0.15) is 31.9 Å². The van der Waals surface area contributed by atoms with Gasteiger partial charge in [-0.3, -0.25) is 10.1 Å². The van der Waals surface area contributed by atoms with Gasteiger partial charge in [0.15, 0.2) is 6.73 Å². The van der Waals surface area contributed by atoms with E-state index in [9.17, 15) is 14.9 Å². The first-order valence-corrected chi connectivity index (χ1v) is 8.68. The summed E-state index contributed by atoms with van der Waals surface area (Å²) < 4.78 is 5.71. The number of hydrogen-bond donors (Lipinski definition) is 2. The molecule has 0 saturated heterocycles. The lowest BCUT2D eigenvalue weighted by molar-refractivity contribution is -0.384. The summed E-state index contributed by atoms with van der Waals surface area (Å²) in [4.78, 5) is 22.3. The maximum atomic E-state index is 12.0. The first-order valence-electron chi connectivity index (χ1n) is 8.30. The van der Waals surface area contributed by atoms with Crippen molar-refractivity contribution in [2.24, 2.45) is 0 Å². The molecule has 0 saturated carbocycles. The van der Waals surface area contributed by atoms with Crippen molar-refractivity contribution in [2.75, 3.05) is 12.0 Å². The summed E-state index contributed by atoms with van der Waals surface area (Å²) in [5.41, 5.74) is 2.04. The highest BCUT2D eigenvalue weighted by Crippen LogP contribution is 2.32. The fourth-order valence-corrected chi connectivity index (χ4v) is 2.63. The number of benzene rings is 2. The van der Waals surface area contributed by atoms with Crippen molar-refractivity contribution in [3.05, 3.63) is 62.7 Å². The lowest BCUT2D eigenvalue weighted by Gasteiger charge is -2.23. The predicted molar refractivity (Wildman–Crippen MR) is 106 cm³/mol. The number of amides is 2. The van der Waals surface area contributed by atoms with Gasteiger partial charge in [-0.1, -0.05) is 50.1 Å². The van der Waals surface area contributed by atoms with Crippen LogP contribution in [-0.4, -0.2) is 17.7 Å². The molecule has 2 rings (SSSR count). The Bertz CT molecular complexity index is 863. The van der Waals surface area contributed by atoms with E-state index >= 15 is 0 Å². The summed E-state index contributed by atoms with van der Waals surface area (Å²) in [6.07, 6.45) is 0. The highest BCUT2D eigenvalue weighted by atomic mass is 35.5. The Kier molecular flexibility index (Phi) is 6.28. The van der Waals surface area contributed by atoms with Crippen LogP contribution in [0.2, 0.25) is 5.02 Å². The standard InChI is InChI=1S/C19H22ClN3O4/c1-12-5-8-17(14(9-12)19(2,3)4)27-11-21-18(24)22-13-6-7-15(20)16(10-13)23(25)26/h5-10H,11H2,1-4H3,(H2,21,22,24). The van der Waals surface area contributed by atoms with Crippen LogP contribution in [0.3, 0.4) is 0 Å². The molecule has 144 valence electrons. The van der Waals surface area contributed by atoms with Gasteiger partial charge in [-0.15, -0.1) is 0 Å². The maximum Gasteiger partial charge on any atom is 0.321 e. The summed E-state index contributed by atoms with van der Waals surface area (Å²) in [6, 6.07) is 9.36. The second-order valence-corrected chi connectivity index (χ2v) is 7.50. The average Bonchev–Trinajstić information content (AvgIpc) is 2.56. The Morgan fingerprint density at radius 2 is 1.93 bits per heavy atom. The first-order chi connectivity index (χ1) is 12.6. The second kappa shape index (κ2) is 8.26. The van der Waals surface area contributed by atoms with Crippen molar-refractivity contribution in [1.82, 2.24) is 5.32 Å². The first kappa shape index (κ1) is 20.5. The van der Waals surface area contributed by atoms with E-state index < -0.39 is 11.0 Å². The number of ether oxygens (including phenoxy) is 1. The molecular formula is C19H22ClN3O4. The van der Waals surface area contributed by atoms with E-state index in [0.717, 1.165) is 11.1 Å². The number of urea groups is 1. The van der Waals surface area contributed by atoms with E-state index in [1.807, 2.05) is 19.1 Å². The molecule has 0 spiro atoms. The maximum absolute atomic E-state index is 12.0. The Morgan fingerprint density at radius 1 is 1.22 bits per heavy atom. The Hall–Kier alpha value is -2.80. The molecule has 0 bridgehead atoms. The van der Waals surface area contributed by atoms with Crippen molar-refractivity contribution in [3.63, 3.8) is 0 Å². The topological polar surface area (TPSA) is 93.5 Å². The Morgan fingerprint density at radius 3 is 2.56 bits per heavy atom. The molecule has 0 aromatic heterocycles. The fourth-order valence-electron chi connectivity index (χ4n) is 2.44. The van der Waals surface area contributed by atoms with Crippen LogP contribution < -0.4 is 15.4 Å². The molecule has 0 unspecified atom stereocenters. The largest absolute Gasteiger partial charge is 0.473 e. The minimum Gasteiger partial charge on any atom is -0.473 e. The Labute approximate surface area is 162 Å². The lowest BCUT2D eigenvalue weighted by Crippen LogP contribution is -2.32. The van der Waals surface area contributed by atoms with Crippen LogP contribution in [0, 0.1) is 17.0 Å². The van der Waals surface area contributed by atoms with Crippen molar-refractivity contribution < 1.29 is 14.5 Å². The van der Waals surface area contributed by atoms with Crippen LogP contribution in [-0.2, 0) is 5.41 Å². The van der Waals surface area contributed by atoms with Gasteiger partial charge in [-0.05, 0) is 36.1 Å². The van der Waals surface area contributed by atoms with Crippen LogP contribution in [0.15, 0.2) is 36.4 Å². The molecular weight excluding hydrogens is 370 g/mol. The van der Waals surface area contributed by atoms with Crippen molar-refractivity contribution in [1.29, 1.82) is 0 Å². The minimum absolute atomic E-state index is 0.00312. The molecule has 7 nitrogen and oxygen atoms in total. The molecule has 0 aliphatic carbocycles. The van der Waals surface area contributed by atoms with Gasteiger partial charge in [0.1, 0.15) is 10.8 Å². The van der Waals surface area contributed by atoms with Gasteiger partial charge in [0.2, 0.25) is 0 Å². The number of aryl methyl sites for hydroxylation is 1. The molecule has 0 heterocycles. The molecule has 0 fully saturated rings. The number of carbonyl (C=O) groups is 1. The number of nitrogens with zero attached hydrogens (tertiary/aromatic N) is 1. The number of rotatable bonds is 5. The zero-order valence-corrected chi connectivity index (χ0v) is 16.4. The van der Waals surface area contributed by atoms with E-state index in [2.05, 4.69) is 37.5 Å². The fraction of sp³-hybridized carbons (Fsp3) is 0.316. The van der Waals surface area contributed by atoms with Crippen LogP contribution in [0.5, 0.6) is 5.75 Å². The van der Waals surface area contributed by atoms with Crippen LogP contribution in [0.25, 0.3) is 0 Å². The Balaban J connectivity index is 1.98. The molecule has 2 N–H and O–H groups in total. The number of halogens is 1. The SMILES string of the molecule is Cc1ccc(OCNC(=O)Nc2ccc(Cl)c([N+](=O)[O-])c2)c(C(C)(C)C)c1. The minimum atomic E-state index is -0.611. The zero-order valence-electron chi connectivity index (χ0n) is 15.6. The van der Waals surface area contributed by atoms with E-state index in [1.54, 1.807) is 0 Å². The van der Waals surface area contributed by atoms with Gasteiger partial charge in [0, 0.05) is 11.8 Å². The summed E-state index contributed by atoms with van der Waals surface area (Å²) >= 11 is 5.75. The van der Waals surface area contributed by atoms with E-state index in [1.165, 1.54) is 18.2 Å². The number of nitrogens with one attached hydrogen (secondary N) is 2. The molecule has 8 heteroatoms. The summed E-state index contributed by atoms with van der Waals surface area (Å²) in [5.74, 6) is 0.690.